The molecular weight excluding hydrogens is 282 g/mol. The zero-order chi connectivity index (χ0) is 15.5. The minimum Gasteiger partial charge on any atom is -0.619 e. The van der Waals surface area contributed by atoms with Crippen LogP contribution in [0.2, 0.25) is 0 Å². The summed E-state index contributed by atoms with van der Waals surface area (Å²) in [4.78, 5) is 16.3. The highest BCUT2D eigenvalue weighted by atomic mass is 16.5. The first-order valence-corrected chi connectivity index (χ1v) is 6.65. The Morgan fingerprint density at radius 1 is 1.32 bits per heavy atom. The van der Waals surface area contributed by atoms with Gasteiger partial charge in [-0.05, 0) is 31.2 Å². The average molecular weight is 295 g/mol. The lowest BCUT2D eigenvalue weighted by atomic mass is 10.2. The van der Waals surface area contributed by atoms with Gasteiger partial charge < -0.3 is 14.9 Å². The number of nitrogens with zero attached hydrogens (tertiary/aromatic N) is 2. The van der Waals surface area contributed by atoms with E-state index in [-0.39, 0.29) is 11.5 Å². The van der Waals surface area contributed by atoms with Crippen molar-refractivity contribution in [2.45, 2.75) is 6.92 Å². The van der Waals surface area contributed by atoms with E-state index >= 15 is 0 Å². The highest BCUT2D eigenvalue weighted by Gasteiger charge is 2.10. The molecule has 0 atom stereocenters. The van der Waals surface area contributed by atoms with E-state index in [2.05, 4.69) is 10.3 Å². The Kier molecular flexibility index (Phi) is 3.57. The minimum absolute atomic E-state index is 0.287. The van der Waals surface area contributed by atoms with Gasteiger partial charge in [-0.25, -0.2) is 4.98 Å². The molecule has 0 saturated heterocycles. The van der Waals surface area contributed by atoms with Gasteiger partial charge >= 0.3 is 0 Å². The molecular formula is C16H13N3O3. The summed E-state index contributed by atoms with van der Waals surface area (Å²) in [5.74, 6) is 0.852. The number of aryl methyl sites for hydroxylation is 1. The van der Waals surface area contributed by atoms with Crippen LogP contribution in [0.1, 0.15) is 16.1 Å². The van der Waals surface area contributed by atoms with Crippen LogP contribution in [0.4, 0.5) is 5.69 Å². The third-order valence-electron chi connectivity index (χ3n) is 3.03. The van der Waals surface area contributed by atoms with Gasteiger partial charge in [0.15, 0.2) is 12.4 Å². The lowest BCUT2D eigenvalue weighted by Crippen LogP contribution is -2.27. The second-order valence-electron chi connectivity index (χ2n) is 4.76. The molecule has 1 aromatic carbocycles. The fourth-order valence-electron chi connectivity index (χ4n) is 2.01. The Labute approximate surface area is 126 Å². The van der Waals surface area contributed by atoms with Crippen LogP contribution in [0.25, 0.3) is 11.5 Å². The maximum atomic E-state index is 12.1. The topological polar surface area (TPSA) is 82.1 Å². The van der Waals surface area contributed by atoms with Crippen LogP contribution in [0.15, 0.2) is 59.4 Å². The third kappa shape index (κ3) is 2.95. The number of hydrogen-bond donors (Lipinski definition) is 1. The molecule has 0 aliphatic carbocycles. The summed E-state index contributed by atoms with van der Waals surface area (Å²) in [7, 11) is 0. The van der Waals surface area contributed by atoms with Crippen molar-refractivity contribution in [1.29, 1.82) is 0 Å². The quantitative estimate of drug-likeness (QED) is 0.594. The molecule has 0 radical (unpaired) electrons. The number of anilines is 1. The zero-order valence-electron chi connectivity index (χ0n) is 11.8. The summed E-state index contributed by atoms with van der Waals surface area (Å²) >= 11 is 0. The Balaban J connectivity index is 1.82. The van der Waals surface area contributed by atoms with Gasteiger partial charge in [0.05, 0.1) is 6.20 Å². The number of pyridine rings is 1. The van der Waals surface area contributed by atoms with E-state index in [0.717, 1.165) is 5.56 Å². The number of aromatic nitrogens is 2. The molecule has 1 amide bonds. The van der Waals surface area contributed by atoms with Crippen LogP contribution in [0, 0.1) is 12.1 Å². The predicted octanol–water partition coefficient (Wildman–Crippen LogP) is 2.54. The summed E-state index contributed by atoms with van der Waals surface area (Å²) in [6.45, 7) is 1.82. The van der Waals surface area contributed by atoms with Gasteiger partial charge in [0.2, 0.25) is 5.89 Å². The second kappa shape index (κ2) is 5.69. The SMILES string of the molecule is Cc1cnc(-c2cccc(NC(=O)c3ccc[n+]([O-])c3)c2)o1. The second-order valence-corrected chi connectivity index (χ2v) is 4.76. The number of oxazole rings is 1. The molecule has 0 spiro atoms. The third-order valence-corrected chi connectivity index (χ3v) is 3.03. The van der Waals surface area contributed by atoms with E-state index in [0.29, 0.717) is 22.1 Å². The average Bonchev–Trinajstić information content (AvgIpc) is 2.94. The molecule has 2 aromatic heterocycles. The molecule has 110 valence electrons. The Hall–Kier alpha value is -3.15. The van der Waals surface area contributed by atoms with Crippen molar-refractivity contribution in [1.82, 2.24) is 4.98 Å². The number of rotatable bonds is 3. The monoisotopic (exact) mass is 295 g/mol. The summed E-state index contributed by atoms with van der Waals surface area (Å²) in [6.07, 6.45) is 4.18. The first-order valence-electron chi connectivity index (χ1n) is 6.65. The van der Waals surface area contributed by atoms with E-state index in [4.69, 9.17) is 4.42 Å². The van der Waals surface area contributed by atoms with Crippen LogP contribution < -0.4 is 10.0 Å². The van der Waals surface area contributed by atoms with Crippen LogP contribution in [-0.2, 0) is 0 Å². The molecule has 0 saturated carbocycles. The fraction of sp³-hybridized carbons (Fsp3) is 0.0625. The number of carbonyl (C=O) groups is 1. The van der Waals surface area contributed by atoms with Gasteiger partial charge in [-0.1, -0.05) is 6.07 Å². The standard InChI is InChI=1S/C16H13N3O3/c1-11-9-17-16(22-11)12-4-2-6-14(8-12)18-15(20)13-5-3-7-19(21)10-13/h2-10H,1H3,(H,18,20). The number of nitrogens with one attached hydrogen (secondary N) is 1. The predicted molar refractivity (Wildman–Crippen MR) is 80.0 cm³/mol. The van der Waals surface area contributed by atoms with E-state index in [1.165, 1.54) is 18.5 Å². The Morgan fingerprint density at radius 2 is 2.18 bits per heavy atom. The number of benzene rings is 1. The summed E-state index contributed by atoms with van der Waals surface area (Å²) in [6, 6.07) is 10.2. The Bertz CT molecular complexity index is 827. The van der Waals surface area contributed by atoms with Gasteiger partial charge in [-0.2, -0.15) is 4.73 Å². The number of hydrogen-bond acceptors (Lipinski definition) is 4. The number of amides is 1. The molecule has 2 heterocycles. The summed E-state index contributed by atoms with van der Waals surface area (Å²) in [5, 5.41) is 13.9. The highest BCUT2D eigenvalue weighted by Crippen LogP contribution is 2.22. The molecule has 3 aromatic rings. The van der Waals surface area contributed by atoms with Crippen molar-refractivity contribution in [3.63, 3.8) is 0 Å². The van der Waals surface area contributed by atoms with Gasteiger partial charge in [0.25, 0.3) is 5.91 Å². The molecule has 6 heteroatoms. The molecule has 1 N–H and O–H groups in total. The van der Waals surface area contributed by atoms with Crippen molar-refractivity contribution in [2.24, 2.45) is 0 Å². The van der Waals surface area contributed by atoms with Crippen molar-refractivity contribution in [3.8, 4) is 11.5 Å². The number of carbonyl (C=O) groups excluding carboxylic acids is 1. The molecule has 0 unspecified atom stereocenters. The maximum Gasteiger partial charge on any atom is 0.261 e. The van der Waals surface area contributed by atoms with Gasteiger partial charge in [-0.15, -0.1) is 0 Å². The smallest absolute Gasteiger partial charge is 0.261 e. The van der Waals surface area contributed by atoms with Crippen LogP contribution in [0.3, 0.4) is 0 Å². The van der Waals surface area contributed by atoms with Crippen molar-refractivity contribution >= 4 is 11.6 Å². The molecule has 0 fully saturated rings. The van der Waals surface area contributed by atoms with Gasteiger partial charge in [0.1, 0.15) is 11.3 Å². The van der Waals surface area contributed by atoms with E-state index in [1.54, 1.807) is 30.5 Å². The van der Waals surface area contributed by atoms with Crippen molar-refractivity contribution in [3.05, 3.63) is 71.5 Å². The van der Waals surface area contributed by atoms with Crippen LogP contribution in [-0.4, -0.2) is 10.9 Å². The van der Waals surface area contributed by atoms with Crippen LogP contribution in [0.5, 0.6) is 0 Å². The fourth-order valence-corrected chi connectivity index (χ4v) is 2.01. The normalized spacial score (nSPS) is 10.4. The molecule has 22 heavy (non-hydrogen) atoms. The summed E-state index contributed by atoms with van der Waals surface area (Å²) < 4.78 is 6.05. The van der Waals surface area contributed by atoms with Gasteiger partial charge in [0, 0.05) is 17.3 Å². The zero-order valence-corrected chi connectivity index (χ0v) is 11.8. The first-order chi connectivity index (χ1) is 10.6. The minimum atomic E-state index is -0.356. The molecule has 0 bridgehead atoms. The maximum absolute atomic E-state index is 12.1. The van der Waals surface area contributed by atoms with Crippen LogP contribution >= 0.6 is 0 Å². The van der Waals surface area contributed by atoms with Crippen molar-refractivity contribution in [2.75, 3.05) is 5.32 Å². The first kappa shape index (κ1) is 13.8. The lowest BCUT2D eigenvalue weighted by molar-refractivity contribution is -0.605. The van der Waals surface area contributed by atoms with E-state index in [1.807, 2.05) is 13.0 Å². The van der Waals surface area contributed by atoms with E-state index < -0.39 is 0 Å². The lowest BCUT2D eigenvalue weighted by Gasteiger charge is -2.06. The molecule has 6 nitrogen and oxygen atoms in total. The molecule has 0 aliphatic heterocycles. The summed E-state index contributed by atoms with van der Waals surface area (Å²) in [5.41, 5.74) is 1.65. The van der Waals surface area contributed by atoms with Crippen molar-refractivity contribution < 1.29 is 13.9 Å². The highest BCUT2D eigenvalue weighted by molar-refractivity contribution is 6.04. The largest absolute Gasteiger partial charge is 0.619 e. The van der Waals surface area contributed by atoms with Gasteiger partial charge in [-0.3, -0.25) is 4.79 Å². The van der Waals surface area contributed by atoms with E-state index in [9.17, 15) is 10.0 Å². The molecule has 3 rings (SSSR count). The Morgan fingerprint density at radius 3 is 2.91 bits per heavy atom. The molecule has 0 aliphatic rings.